The minimum atomic E-state index is -1.09. The first-order valence-corrected chi connectivity index (χ1v) is 5.64. The van der Waals surface area contributed by atoms with E-state index in [4.69, 9.17) is 5.11 Å². The van der Waals surface area contributed by atoms with E-state index in [2.05, 4.69) is 10.1 Å². The number of carboxylic acid groups (broad SMARTS) is 1. The quantitative estimate of drug-likeness (QED) is 0.654. The number of phenolic OH excluding ortho intramolecular Hbond substituents is 1. The number of nitrogens with zero attached hydrogens (tertiary/aromatic N) is 2. The van der Waals surface area contributed by atoms with E-state index in [0.717, 1.165) is 5.52 Å². The summed E-state index contributed by atoms with van der Waals surface area (Å²) in [7, 11) is 1.64. The zero-order valence-electron chi connectivity index (χ0n) is 10.1. The van der Waals surface area contributed by atoms with Crippen LogP contribution >= 0.6 is 0 Å². The minimum Gasteiger partial charge on any atom is -0.507 e. The van der Waals surface area contributed by atoms with Gasteiger partial charge < -0.3 is 15.2 Å². The summed E-state index contributed by atoms with van der Waals surface area (Å²) in [5.41, 5.74) is 1.88. The highest BCUT2D eigenvalue weighted by molar-refractivity contribution is 5.93. The standard InChI is InChI=1S/C13H11N3O3/c1-16-11(6-10(15-16)13(18)19)8-2-3-9-7(12(8)17)4-5-14-9/h2-6,14,17H,1H3,(H,18,19). The van der Waals surface area contributed by atoms with Crippen molar-refractivity contribution in [3.8, 4) is 17.0 Å². The number of aromatic carboxylic acids is 1. The van der Waals surface area contributed by atoms with Gasteiger partial charge in [-0.3, -0.25) is 4.68 Å². The smallest absolute Gasteiger partial charge is 0.356 e. The molecule has 0 fully saturated rings. The molecule has 3 rings (SSSR count). The van der Waals surface area contributed by atoms with Gasteiger partial charge in [-0.2, -0.15) is 5.10 Å². The van der Waals surface area contributed by atoms with Crippen LogP contribution < -0.4 is 0 Å². The van der Waals surface area contributed by atoms with Crippen molar-refractivity contribution in [1.29, 1.82) is 0 Å². The Kier molecular flexibility index (Phi) is 2.31. The molecule has 0 saturated carbocycles. The Morgan fingerprint density at radius 2 is 2.16 bits per heavy atom. The summed E-state index contributed by atoms with van der Waals surface area (Å²) in [6.07, 6.45) is 1.74. The summed E-state index contributed by atoms with van der Waals surface area (Å²) in [6, 6.07) is 6.77. The van der Waals surface area contributed by atoms with Crippen LogP contribution in [-0.4, -0.2) is 30.9 Å². The van der Waals surface area contributed by atoms with Gasteiger partial charge in [0.25, 0.3) is 0 Å². The number of phenols is 1. The third-order valence-electron chi connectivity index (χ3n) is 3.08. The van der Waals surface area contributed by atoms with Crippen molar-refractivity contribution in [2.45, 2.75) is 0 Å². The third kappa shape index (κ3) is 1.65. The number of fused-ring (bicyclic) bond motifs is 1. The predicted octanol–water partition coefficient (Wildman–Crippen LogP) is 1.97. The molecule has 0 atom stereocenters. The molecule has 96 valence electrons. The highest BCUT2D eigenvalue weighted by Gasteiger charge is 2.16. The molecule has 0 amide bonds. The monoisotopic (exact) mass is 257 g/mol. The third-order valence-corrected chi connectivity index (χ3v) is 3.08. The number of aromatic amines is 1. The molecular formula is C13H11N3O3. The molecule has 1 aromatic carbocycles. The lowest BCUT2D eigenvalue weighted by Crippen LogP contribution is -1.99. The molecule has 6 heteroatoms. The molecule has 0 aliphatic rings. The van der Waals surface area contributed by atoms with Crippen LogP contribution in [0.25, 0.3) is 22.2 Å². The lowest BCUT2D eigenvalue weighted by molar-refractivity contribution is 0.0689. The van der Waals surface area contributed by atoms with Crippen molar-refractivity contribution in [1.82, 2.24) is 14.8 Å². The van der Waals surface area contributed by atoms with Crippen molar-refractivity contribution in [2.24, 2.45) is 7.05 Å². The van der Waals surface area contributed by atoms with Crippen LogP contribution in [0.15, 0.2) is 30.5 Å². The number of H-pyrrole nitrogens is 1. The van der Waals surface area contributed by atoms with Gasteiger partial charge in [0.15, 0.2) is 5.69 Å². The normalized spacial score (nSPS) is 11.0. The maximum Gasteiger partial charge on any atom is 0.356 e. The van der Waals surface area contributed by atoms with Crippen LogP contribution in [0.1, 0.15) is 10.5 Å². The van der Waals surface area contributed by atoms with E-state index in [9.17, 15) is 9.90 Å². The van der Waals surface area contributed by atoms with E-state index < -0.39 is 5.97 Å². The summed E-state index contributed by atoms with van der Waals surface area (Å²) >= 11 is 0. The van der Waals surface area contributed by atoms with E-state index in [0.29, 0.717) is 16.6 Å². The Labute approximate surface area is 107 Å². The van der Waals surface area contributed by atoms with Gasteiger partial charge in [0, 0.05) is 29.7 Å². The lowest BCUT2D eigenvalue weighted by Gasteiger charge is -2.05. The van der Waals surface area contributed by atoms with E-state index in [1.54, 1.807) is 25.4 Å². The van der Waals surface area contributed by atoms with Gasteiger partial charge >= 0.3 is 5.97 Å². The average Bonchev–Trinajstić information content (AvgIpc) is 2.97. The minimum absolute atomic E-state index is 0.0499. The highest BCUT2D eigenvalue weighted by atomic mass is 16.4. The topological polar surface area (TPSA) is 91.1 Å². The molecule has 0 aliphatic carbocycles. The van der Waals surface area contributed by atoms with Gasteiger partial charge in [-0.05, 0) is 24.3 Å². The van der Waals surface area contributed by atoms with Crippen molar-refractivity contribution in [2.75, 3.05) is 0 Å². The Hall–Kier alpha value is -2.76. The number of hydrogen-bond donors (Lipinski definition) is 3. The van der Waals surface area contributed by atoms with Gasteiger partial charge in [-0.1, -0.05) is 0 Å². The molecule has 3 N–H and O–H groups in total. The van der Waals surface area contributed by atoms with E-state index in [1.165, 1.54) is 10.7 Å². The molecule has 0 saturated heterocycles. The molecule has 0 radical (unpaired) electrons. The van der Waals surface area contributed by atoms with Crippen LogP contribution in [0.4, 0.5) is 0 Å². The van der Waals surface area contributed by atoms with Crippen LogP contribution in [0.5, 0.6) is 5.75 Å². The Morgan fingerprint density at radius 3 is 2.84 bits per heavy atom. The van der Waals surface area contributed by atoms with Crippen molar-refractivity contribution in [3.63, 3.8) is 0 Å². The SMILES string of the molecule is Cn1nc(C(=O)O)cc1-c1ccc2[nH]ccc2c1O. The molecular weight excluding hydrogens is 246 g/mol. The average molecular weight is 257 g/mol. The Bertz CT molecular complexity index is 786. The molecule has 3 aromatic rings. The summed E-state index contributed by atoms with van der Waals surface area (Å²) in [5, 5.41) is 23.8. The number of carbonyl (C=O) groups is 1. The maximum absolute atomic E-state index is 10.9. The molecule has 0 bridgehead atoms. The second kappa shape index (κ2) is 3.88. The van der Waals surface area contributed by atoms with Gasteiger partial charge in [0.05, 0.1) is 5.69 Å². The van der Waals surface area contributed by atoms with Gasteiger partial charge in [-0.25, -0.2) is 4.79 Å². The molecule has 0 aliphatic heterocycles. The number of hydrogen-bond acceptors (Lipinski definition) is 3. The van der Waals surface area contributed by atoms with Crippen molar-refractivity contribution < 1.29 is 15.0 Å². The fourth-order valence-corrected chi connectivity index (χ4v) is 2.15. The Morgan fingerprint density at radius 1 is 1.37 bits per heavy atom. The second-order valence-electron chi connectivity index (χ2n) is 4.24. The number of aromatic nitrogens is 3. The fourth-order valence-electron chi connectivity index (χ4n) is 2.15. The zero-order chi connectivity index (χ0) is 13.6. The van der Waals surface area contributed by atoms with E-state index >= 15 is 0 Å². The summed E-state index contributed by atoms with van der Waals surface area (Å²) < 4.78 is 1.44. The number of nitrogens with one attached hydrogen (secondary N) is 1. The fraction of sp³-hybridized carbons (Fsp3) is 0.0769. The number of benzene rings is 1. The summed E-state index contributed by atoms with van der Waals surface area (Å²) in [4.78, 5) is 13.9. The maximum atomic E-state index is 10.9. The van der Waals surface area contributed by atoms with E-state index in [1.807, 2.05) is 6.07 Å². The van der Waals surface area contributed by atoms with Crippen molar-refractivity contribution >= 4 is 16.9 Å². The molecule has 2 aromatic heterocycles. The predicted molar refractivity (Wildman–Crippen MR) is 69.1 cm³/mol. The van der Waals surface area contributed by atoms with Crippen molar-refractivity contribution in [3.05, 3.63) is 36.2 Å². The number of aromatic hydroxyl groups is 1. The van der Waals surface area contributed by atoms with Gasteiger partial charge in [0.2, 0.25) is 0 Å². The van der Waals surface area contributed by atoms with Gasteiger partial charge in [-0.15, -0.1) is 0 Å². The first-order chi connectivity index (χ1) is 9.08. The summed E-state index contributed by atoms with van der Waals surface area (Å²) in [6.45, 7) is 0. The lowest BCUT2D eigenvalue weighted by atomic mass is 10.1. The second-order valence-corrected chi connectivity index (χ2v) is 4.24. The van der Waals surface area contributed by atoms with Gasteiger partial charge in [0.1, 0.15) is 5.75 Å². The highest BCUT2D eigenvalue weighted by Crippen LogP contribution is 2.35. The van der Waals surface area contributed by atoms with Crippen LogP contribution in [0, 0.1) is 0 Å². The molecule has 0 unspecified atom stereocenters. The number of rotatable bonds is 2. The Balaban J connectivity index is 2.24. The number of carboxylic acids is 1. The molecule has 2 heterocycles. The zero-order valence-corrected chi connectivity index (χ0v) is 10.1. The van der Waals surface area contributed by atoms with E-state index in [-0.39, 0.29) is 11.4 Å². The summed E-state index contributed by atoms with van der Waals surface area (Å²) in [5.74, 6) is -0.984. The van der Waals surface area contributed by atoms with Crippen LogP contribution in [-0.2, 0) is 7.05 Å². The number of aryl methyl sites for hydroxylation is 1. The van der Waals surface area contributed by atoms with Crippen LogP contribution in [0.2, 0.25) is 0 Å². The molecule has 19 heavy (non-hydrogen) atoms. The first kappa shape index (κ1) is 11.3. The molecule has 6 nitrogen and oxygen atoms in total. The molecule has 0 spiro atoms. The largest absolute Gasteiger partial charge is 0.507 e. The van der Waals surface area contributed by atoms with Crippen LogP contribution in [0.3, 0.4) is 0 Å². The first-order valence-electron chi connectivity index (χ1n) is 5.64.